The van der Waals surface area contributed by atoms with E-state index in [2.05, 4.69) is 39.0 Å². The van der Waals surface area contributed by atoms with E-state index >= 15 is 0 Å². The van der Waals surface area contributed by atoms with Gasteiger partial charge in [-0.25, -0.2) is 0 Å². The van der Waals surface area contributed by atoms with E-state index < -0.39 is 0 Å². The first kappa shape index (κ1) is 23.7. The van der Waals surface area contributed by atoms with Gasteiger partial charge in [0.05, 0.1) is 24.6 Å². The fraction of sp³-hybridized carbons (Fsp3) is 0.500. The molecule has 1 aliphatic carbocycles. The Morgan fingerprint density at radius 1 is 1.06 bits per heavy atom. The third kappa shape index (κ3) is 4.61. The van der Waals surface area contributed by atoms with Gasteiger partial charge in [0.1, 0.15) is 0 Å². The average molecular weight is 477 g/mol. The molecular weight excluding hydrogens is 440 g/mol. The molecular formula is C28H36N4O3. The topological polar surface area (TPSA) is 82.7 Å². The van der Waals surface area contributed by atoms with Crippen LogP contribution in [0.3, 0.4) is 0 Å². The molecule has 2 heterocycles. The van der Waals surface area contributed by atoms with Crippen molar-refractivity contribution in [2.45, 2.75) is 50.2 Å². The van der Waals surface area contributed by atoms with Crippen molar-refractivity contribution in [1.29, 1.82) is 0 Å². The normalized spacial score (nSPS) is 27.4. The fourth-order valence-corrected chi connectivity index (χ4v) is 6.27. The number of carbonyl (C=O) groups excluding carboxylic acids is 2. The highest BCUT2D eigenvalue weighted by Crippen LogP contribution is 2.47. The molecule has 1 saturated heterocycles. The van der Waals surface area contributed by atoms with Crippen molar-refractivity contribution in [2.75, 3.05) is 37.9 Å². The highest BCUT2D eigenvalue weighted by atomic mass is 16.5. The van der Waals surface area contributed by atoms with Crippen molar-refractivity contribution >= 4 is 23.2 Å². The first-order valence-electron chi connectivity index (χ1n) is 12.8. The first-order chi connectivity index (χ1) is 17.1. The second-order valence-electron chi connectivity index (χ2n) is 10.0. The Kier molecular flexibility index (Phi) is 6.95. The first-order valence-corrected chi connectivity index (χ1v) is 12.8. The maximum Gasteiger partial charge on any atom is 0.251 e. The molecule has 2 fully saturated rings. The molecule has 0 aromatic heterocycles. The number of ether oxygens (including phenoxy) is 1. The summed E-state index contributed by atoms with van der Waals surface area (Å²) in [4.78, 5) is 29.2. The summed E-state index contributed by atoms with van der Waals surface area (Å²) >= 11 is 0. The maximum absolute atomic E-state index is 14.1. The van der Waals surface area contributed by atoms with Gasteiger partial charge in [-0.2, -0.15) is 0 Å². The zero-order chi connectivity index (χ0) is 24.4. The van der Waals surface area contributed by atoms with Crippen LogP contribution in [0.4, 0.5) is 11.4 Å². The Hall–Kier alpha value is -3.06. The number of likely N-dealkylation sites (tertiary alicyclic amines) is 1. The smallest absolute Gasteiger partial charge is 0.251 e. The molecule has 0 spiro atoms. The predicted octanol–water partition coefficient (Wildman–Crippen LogP) is 4.05. The summed E-state index contributed by atoms with van der Waals surface area (Å²) in [7, 11) is 3.59. The molecule has 0 bridgehead atoms. The number of hydrogen-bond acceptors (Lipinski definition) is 5. The Morgan fingerprint density at radius 2 is 1.83 bits per heavy atom. The van der Waals surface area contributed by atoms with Gasteiger partial charge in [-0.05, 0) is 55.2 Å². The van der Waals surface area contributed by atoms with Gasteiger partial charge in [0.2, 0.25) is 5.91 Å². The Labute approximate surface area is 207 Å². The quantitative estimate of drug-likeness (QED) is 0.586. The SMILES string of the molecule is CNc1ccc(C(=O)N[C@@H]2CCCC[C@@H]2C(=O)N2CC[C@H]3[C@H](COC)Nc4ccccc4[C@@H]32)cc1. The number of fused-ring (bicyclic) bond motifs is 3. The predicted molar refractivity (Wildman–Crippen MR) is 137 cm³/mol. The molecule has 0 radical (unpaired) electrons. The lowest BCUT2D eigenvalue weighted by molar-refractivity contribution is -0.139. The lowest BCUT2D eigenvalue weighted by Gasteiger charge is -2.41. The molecule has 7 heteroatoms. The molecule has 5 atom stereocenters. The van der Waals surface area contributed by atoms with E-state index in [1.165, 1.54) is 5.56 Å². The zero-order valence-corrected chi connectivity index (χ0v) is 20.6. The van der Waals surface area contributed by atoms with Crippen molar-refractivity contribution in [2.24, 2.45) is 11.8 Å². The zero-order valence-electron chi connectivity index (χ0n) is 20.6. The summed E-state index contributed by atoms with van der Waals surface area (Å²) in [6.07, 6.45) is 4.66. The number of methoxy groups -OCH3 is 1. The molecule has 35 heavy (non-hydrogen) atoms. The second-order valence-corrected chi connectivity index (χ2v) is 10.0. The van der Waals surface area contributed by atoms with E-state index in [4.69, 9.17) is 4.74 Å². The molecule has 5 rings (SSSR count). The van der Waals surface area contributed by atoms with E-state index in [1.807, 2.05) is 37.4 Å². The van der Waals surface area contributed by atoms with Crippen LogP contribution in [0.15, 0.2) is 48.5 Å². The van der Waals surface area contributed by atoms with Crippen LogP contribution in [0.25, 0.3) is 0 Å². The van der Waals surface area contributed by atoms with Crippen molar-refractivity contribution in [3.05, 3.63) is 59.7 Å². The van der Waals surface area contributed by atoms with Gasteiger partial charge >= 0.3 is 0 Å². The highest BCUT2D eigenvalue weighted by molar-refractivity contribution is 5.95. The van der Waals surface area contributed by atoms with Gasteiger partial charge in [0.15, 0.2) is 0 Å². The van der Waals surface area contributed by atoms with Crippen LogP contribution in [0, 0.1) is 11.8 Å². The summed E-state index contributed by atoms with van der Waals surface area (Å²) in [5.74, 6) is 0.201. The van der Waals surface area contributed by atoms with E-state index in [0.717, 1.165) is 50.0 Å². The van der Waals surface area contributed by atoms with Crippen molar-refractivity contribution in [3.8, 4) is 0 Å². The second kappa shape index (κ2) is 10.3. The van der Waals surface area contributed by atoms with Gasteiger partial charge in [-0.15, -0.1) is 0 Å². The minimum atomic E-state index is -0.189. The monoisotopic (exact) mass is 476 g/mol. The van der Waals surface area contributed by atoms with Gasteiger partial charge in [-0.1, -0.05) is 31.0 Å². The molecule has 2 aromatic carbocycles. The van der Waals surface area contributed by atoms with E-state index in [9.17, 15) is 9.59 Å². The number of benzene rings is 2. The molecule has 7 nitrogen and oxygen atoms in total. The minimum absolute atomic E-state index is 0.0486. The van der Waals surface area contributed by atoms with Crippen LogP contribution in [0.2, 0.25) is 0 Å². The number of rotatable bonds is 6. The number of nitrogens with one attached hydrogen (secondary N) is 3. The van der Waals surface area contributed by atoms with Gasteiger partial charge in [0, 0.05) is 49.6 Å². The molecule has 0 unspecified atom stereocenters. The van der Waals surface area contributed by atoms with E-state index in [1.54, 1.807) is 7.11 Å². The molecule has 2 aliphatic heterocycles. The molecule has 3 N–H and O–H groups in total. The largest absolute Gasteiger partial charge is 0.388 e. The van der Waals surface area contributed by atoms with Gasteiger partial charge in [0.25, 0.3) is 5.91 Å². The maximum atomic E-state index is 14.1. The average Bonchev–Trinajstić information content (AvgIpc) is 3.35. The van der Waals surface area contributed by atoms with Crippen LogP contribution < -0.4 is 16.0 Å². The number of anilines is 2. The van der Waals surface area contributed by atoms with E-state index in [-0.39, 0.29) is 35.9 Å². The van der Waals surface area contributed by atoms with Crippen molar-refractivity contribution in [3.63, 3.8) is 0 Å². The highest BCUT2D eigenvalue weighted by Gasteiger charge is 2.48. The van der Waals surface area contributed by atoms with Crippen LogP contribution in [-0.4, -0.2) is 56.1 Å². The fourth-order valence-electron chi connectivity index (χ4n) is 6.27. The number of amides is 2. The van der Waals surface area contributed by atoms with Crippen LogP contribution in [-0.2, 0) is 9.53 Å². The lowest BCUT2D eigenvalue weighted by Crippen LogP contribution is -2.50. The van der Waals surface area contributed by atoms with Crippen molar-refractivity contribution in [1.82, 2.24) is 10.2 Å². The summed E-state index contributed by atoms with van der Waals surface area (Å²) in [6, 6.07) is 15.9. The lowest BCUT2D eigenvalue weighted by atomic mass is 9.81. The molecule has 3 aliphatic rings. The van der Waals surface area contributed by atoms with Crippen LogP contribution in [0.1, 0.15) is 54.1 Å². The molecule has 186 valence electrons. The van der Waals surface area contributed by atoms with Gasteiger partial charge in [-0.3, -0.25) is 9.59 Å². The summed E-state index contributed by atoms with van der Waals surface area (Å²) in [5, 5.41) is 9.93. The van der Waals surface area contributed by atoms with E-state index in [0.29, 0.717) is 18.1 Å². The Balaban J connectivity index is 1.36. The number of para-hydroxylation sites is 1. The number of carbonyl (C=O) groups is 2. The molecule has 2 aromatic rings. The Bertz CT molecular complexity index is 1060. The number of hydrogen-bond donors (Lipinski definition) is 3. The number of nitrogens with zero attached hydrogens (tertiary/aromatic N) is 1. The van der Waals surface area contributed by atoms with Crippen molar-refractivity contribution < 1.29 is 14.3 Å². The van der Waals surface area contributed by atoms with Crippen LogP contribution in [0.5, 0.6) is 0 Å². The minimum Gasteiger partial charge on any atom is -0.388 e. The molecule has 1 saturated carbocycles. The standard InChI is InChI=1S/C28H36N4O3/c1-29-19-13-11-18(12-14-19)27(33)31-24-10-6-4-8-22(24)28(34)32-16-15-21-25(17-35-2)30-23-9-5-3-7-20(23)26(21)32/h3,5,7,9,11-14,21-22,24-26,29-30H,4,6,8,10,15-17H2,1-2H3,(H,31,33)/t21-,22-,24+,25-,26-/m0/s1. The summed E-state index contributed by atoms with van der Waals surface area (Å²) < 4.78 is 5.52. The third-order valence-electron chi connectivity index (χ3n) is 8.05. The van der Waals surface area contributed by atoms with Gasteiger partial charge < -0.3 is 25.6 Å². The summed E-state index contributed by atoms with van der Waals surface area (Å²) in [5.41, 5.74) is 3.87. The third-order valence-corrected chi connectivity index (χ3v) is 8.05. The molecule has 2 amide bonds. The summed E-state index contributed by atoms with van der Waals surface area (Å²) in [6.45, 7) is 1.36. The Morgan fingerprint density at radius 3 is 2.60 bits per heavy atom. The van der Waals surface area contributed by atoms with Crippen LogP contribution >= 0.6 is 0 Å².